The Morgan fingerprint density at radius 1 is 1.04 bits per heavy atom. The van der Waals surface area contributed by atoms with Crippen molar-refractivity contribution in [2.75, 3.05) is 20.2 Å². The first-order valence-corrected chi connectivity index (χ1v) is 17.5. The van der Waals surface area contributed by atoms with Gasteiger partial charge in [-0.05, 0) is 50.1 Å². The van der Waals surface area contributed by atoms with E-state index in [1.165, 1.54) is 11.5 Å². The van der Waals surface area contributed by atoms with Crippen LogP contribution in [0.4, 0.5) is 4.79 Å². The molecule has 14 heteroatoms. The van der Waals surface area contributed by atoms with Gasteiger partial charge in [0.1, 0.15) is 12.3 Å². The van der Waals surface area contributed by atoms with E-state index in [0.717, 1.165) is 11.1 Å². The number of nitrogens with one attached hydrogen (secondary N) is 3. The molecule has 4 heterocycles. The van der Waals surface area contributed by atoms with E-state index in [-0.39, 0.29) is 36.5 Å². The molecule has 1 unspecified atom stereocenters. The molecule has 0 aliphatic carbocycles. The minimum absolute atomic E-state index is 0.0265. The Hall–Kier alpha value is -5.01. The maximum atomic E-state index is 13.3. The number of aliphatic hydroxyl groups is 1. The van der Waals surface area contributed by atoms with Crippen molar-refractivity contribution in [2.24, 2.45) is 0 Å². The second-order valence-corrected chi connectivity index (χ2v) is 13.3. The Morgan fingerprint density at radius 3 is 2.44 bits per heavy atom. The number of halogens is 2. The van der Waals surface area contributed by atoms with Crippen LogP contribution in [0.5, 0.6) is 5.88 Å². The van der Waals surface area contributed by atoms with Crippen LogP contribution in [0.25, 0.3) is 39.2 Å². The zero-order valence-electron chi connectivity index (χ0n) is 28.8. The number of benzene rings is 2. The molecule has 2 atom stereocenters. The van der Waals surface area contributed by atoms with Crippen LogP contribution in [0.15, 0.2) is 71.7 Å². The zero-order valence-corrected chi connectivity index (χ0v) is 30.3. The normalized spacial score (nSPS) is 14.7. The standard InChI is InChI=1S/C38H38Cl2N6O6/c1-21(47)17-41-19-30-22(2)43-32-16-23(14-15-46(32)37(30)49)26-6-4-7-27(34(26)39)28-8-5-9-29(35(28)40)31-12-10-24(36(45-31)51-3)20-52-38(50)42-18-25-11-13-33(48)44-25/h4-10,12,14-16,21,25,41,47H,11,13,17-20H2,1-3H3,(H,42,50)(H,44,48)/t21?,25-/m0/s1. The Bertz CT molecular complexity index is 2210. The van der Waals surface area contributed by atoms with E-state index in [0.29, 0.717) is 80.8 Å². The van der Waals surface area contributed by atoms with E-state index >= 15 is 0 Å². The van der Waals surface area contributed by atoms with Crippen molar-refractivity contribution in [1.29, 1.82) is 0 Å². The minimum Gasteiger partial charge on any atom is -0.481 e. The fraction of sp³-hybridized carbons (Fsp3) is 0.289. The van der Waals surface area contributed by atoms with Crippen molar-refractivity contribution in [3.05, 3.63) is 104 Å². The van der Waals surface area contributed by atoms with Crippen LogP contribution in [0.1, 0.15) is 36.6 Å². The number of aliphatic hydroxyl groups excluding tert-OH is 1. The van der Waals surface area contributed by atoms with Gasteiger partial charge in [0.25, 0.3) is 5.56 Å². The molecule has 0 spiro atoms. The highest BCUT2D eigenvalue weighted by Crippen LogP contribution is 2.42. The number of hydrogen-bond donors (Lipinski definition) is 4. The van der Waals surface area contributed by atoms with E-state index in [2.05, 4.69) is 20.9 Å². The average Bonchev–Trinajstić information content (AvgIpc) is 3.56. The van der Waals surface area contributed by atoms with Gasteiger partial charge in [-0.3, -0.25) is 14.0 Å². The molecule has 270 valence electrons. The molecule has 1 saturated heterocycles. The number of ether oxygens (including phenoxy) is 2. The van der Waals surface area contributed by atoms with Gasteiger partial charge in [-0.25, -0.2) is 14.8 Å². The summed E-state index contributed by atoms with van der Waals surface area (Å²) >= 11 is 14.1. The van der Waals surface area contributed by atoms with Crippen LogP contribution in [-0.2, 0) is 22.7 Å². The minimum atomic E-state index is -0.613. The lowest BCUT2D eigenvalue weighted by atomic mass is 9.97. The number of hydrogen-bond acceptors (Lipinski definition) is 9. The van der Waals surface area contributed by atoms with Crippen LogP contribution in [0, 0.1) is 6.92 Å². The molecule has 0 radical (unpaired) electrons. The number of alkyl carbamates (subject to hydrolysis) is 1. The third-order valence-corrected chi connectivity index (χ3v) is 9.63. The summed E-state index contributed by atoms with van der Waals surface area (Å²) in [6.07, 6.45) is 1.66. The first-order chi connectivity index (χ1) is 25.0. The first-order valence-electron chi connectivity index (χ1n) is 16.8. The van der Waals surface area contributed by atoms with Crippen LogP contribution in [0.3, 0.4) is 0 Å². The SMILES string of the molecule is COc1nc(-c2cccc(-c3cccc(-c4ccn5c(=O)c(CNCC(C)O)c(C)nc5c4)c3Cl)c2Cl)ccc1COC(=O)NC[C@@H]1CCC(=O)N1. The van der Waals surface area contributed by atoms with Crippen LogP contribution in [-0.4, -0.2) is 63.8 Å². The van der Waals surface area contributed by atoms with Gasteiger partial charge in [-0.15, -0.1) is 0 Å². The van der Waals surface area contributed by atoms with Gasteiger partial charge >= 0.3 is 6.09 Å². The van der Waals surface area contributed by atoms with E-state index in [4.69, 9.17) is 37.7 Å². The molecule has 4 N–H and O–H groups in total. The number of carbonyl (C=O) groups is 2. The van der Waals surface area contributed by atoms with E-state index in [9.17, 15) is 19.5 Å². The van der Waals surface area contributed by atoms with Crippen LogP contribution < -0.4 is 26.2 Å². The molecule has 6 rings (SSSR count). The van der Waals surface area contributed by atoms with Gasteiger partial charge in [-0.1, -0.05) is 59.6 Å². The molecule has 2 amide bonds. The number of aryl methyl sites for hydroxylation is 1. The number of aromatic nitrogens is 3. The molecule has 5 aromatic rings. The highest BCUT2D eigenvalue weighted by Gasteiger charge is 2.22. The second-order valence-electron chi connectivity index (χ2n) is 12.6. The Balaban J connectivity index is 1.23. The van der Waals surface area contributed by atoms with Crippen molar-refractivity contribution in [3.63, 3.8) is 0 Å². The number of amides is 2. The van der Waals surface area contributed by atoms with Gasteiger partial charge < -0.3 is 30.5 Å². The predicted molar refractivity (Wildman–Crippen MR) is 200 cm³/mol. The monoisotopic (exact) mass is 744 g/mol. The van der Waals surface area contributed by atoms with E-state index in [1.54, 1.807) is 32.2 Å². The topological polar surface area (TPSA) is 156 Å². The molecule has 52 heavy (non-hydrogen) atoms. The van der Waals surface area contributed by atoms with Gasteiger partial charge in [0.15, 0.2) is 0 Å². The van der Waals surface area contributed by atoms with Gasteiger partial charge in [0, 0.05) is 66.2 Å². The molecule has 12 nitrogen and oxygen atoms in total. The van der Waals surface area contributed by atoms with Crippen molar-refractivity contribution in [2.45, 2.75) is 52.0 Å². The van der Waals surface area contributed by atoms with Gasteiger partial charge in [0.2, 0.25) is 11.8 Å². The number of pyridine rings is 2. The smallest absolute Gasteiger partial charge is 0.407 e. The summed E-state index contributed by atoms with van der Waals surface area (Å²) in [5.74, 6) is 0.249. The summed E-state index contributed by atoms with van der Waals surface area (Å²) in [6.45, 7) is 4.34. The average molecular weight is 746 g/mol. The third kappa shape index (κ3) is 8.05. The molecular formula is C38H38Cl2N6O6. The fourth-order valence-electron chi connectivity index (χ4n) is 6.10. The summed E-state index contributed by atoms with van der Waals surface area (Å²) < 4.78 is 12.4. The van der Waals surface area contributed by atoms with Crippen molar-refractivity contribution in [1.82, 2.24) is 30.3 Å². The fourth-order valence-corrected chi connectivity index (χ4v) is 6.76. The summed E-state index contributed by atoms with van der Waals surface area (Å²) in [6, 6.07) is 18.3. The summed E-state index contributed by atoms with van der Waals surface area (Å²) in [4.78, 5) is 46.3. The summed E-state index contributed by atoms with van der Waals surface area (Å²) in [5.41, 5.74) is 6.08. The zero-order chi connectivity index (χ0) is 36.9. The van der Waals surface area contributed by atoms with Gasteiger partial charge in [0.05, 0.1) is 40.1 Å². The molecule has 0 bridgehead atoms. The Labute approximate surface area is 310 Å². The summed E-state index contributed by atoms with van der Waals surface area (Å²) in [7, 11) is 1.48. The number of carbonyl (C=O) groups excluding carboxylic acids is 2. The van der Waals surface area contributed by atoms with E-state index < -0.39 is 12.2 Å². The molecule has 1 aliphatic rings. The Morgan fingerprint density at radius 2 is 1.75 bits per heavy atom. The third-order valence-electron chi connectivity index (χ3n) is 8.82. The van der Waals surface area contributed by atoms with Gasteiger partial charge in [-0.2, -0.15) is 0 Å². The molecule has 1 aliphatic heterocycles. The van der Waals surface area contributed by atoms with Crippen LogP contribution >= 0.6 is 23.2 Å². The Kier molecular flexibility index (Phi) is 11.4. The lowest BCUT2D eigenvalue weighted by Crippen LogP contribution is -2.38. The predicted octanol–water partition coefficient (Wildman–Crippen LogP) is 5.69. The number of fused-ring (bicyclic) bond motifs is 1. The maximum Gasteiger partial charge on any atom is 0.407 e. The molecular weight excluding hydrogens is 707 g/mol. The number of rotatable bonds is 12. The largest absolute Gasteiger partial charge is 0.481 e. The number of methoxy groups -OCH3 is 1. The van der Waals surface area contributed by atoms with Crippen LogP contribution in [0.2, 0.25) is 10.0 Å². The van der Waals surface area contributed by atoms with Crippen molar-refractivity contribution < 1.29 is 24.2 Å². The number of nitrogens with zero attached hydrogens (tertiary/aromatic N) is 3. The highest BCUT2D eigenvalue weighted by molar-refractivity contribution is 6.39. The van der Waals surface area contributed by atoms with E-state index in [1.807, 2.05) is 48.5 Å². The molecule has 3 aromatic heterocycles. The lowest BCUT2D eigenvalue weighted by Gasteiger charge is -2.16. The quantitative estimate of drug-likeness (QED) is 0.126. The second kappa shape index (κ2) is 16.1. The summed E-state index contributed by atoms with van der Waals surface area (Å²) in [5, 5.41) is 19.0. The highest BCUT2D eigenvalue weighted by atomic mass is 35.5. The first kappa shape index (κ1) is 36.8. The molecule has 0 saturated carbocycles. The maximum absolute atomic E-state index is 13.3. The molecule has 2 aromatic carbocycles. The van der Waals surface area contributed by atoms with Crippen molar-refractivity contribution >= 4 is 40.8 Å². The molecule has 1 fully saturated rings. The lowest BCUT2D eigenvalue weighted by molar-refractivity contribution is -0.119. The van der Waals surface area contributed by atoms with Crippen molar-refractivity contribution in [3.8, 4) is 39.4 Å².